The molecule has 3 nitrogen and oxygen atoms in total. The third kappa shape index (κ3) is 3.01. The van der Waals surface area contributed by atoms with E-state index in [2.05, 4.69) is 20.8 Å². The van der Waals surface area contributed by atoms with E-state index < -0.39 is 11.6 Å². The number of carboxylic acids is 1. The Morgan fingerprint density at radius 1 is 1.12 bits per heavy atom. The van der Waals surface area contributed by atoms with Gasteiger partial charge in [-0.1, -0.05) is 27.7 Å². The molecule has 1 fully saturated rings. The second-order valence-corrected chi connectivity index (χ2v) is 6.50. The normalized spacial score (nSPS) is 29.7. The van der Waals surface area contributed by atoms with Crippen LogP contribution in [0.25, 0.3) is 0 Å². The van der Waals surface area contributed by atoms with Crippen molar-refractivity contribution < 1.29 is 15.0 Å². The van der Waals surface area contributed by atoms with Crippen molar-refractivity contribution in [1.29, 1.82) is 0 Å². The number of aliphatic carboxylic acids is 1. The van der Waals surface area contributed by atoms with Crippen molar-refractivity contribution in [3.05, 3.63) is 0 Å². The zero-order chi connectivity index (χ0) is 13.3. The van der Waals surface area contributed by atoms with Crippen molar-refractivity contribution in [2.24, 2.45) is 17.3 Å². The lowest BCUT2D eigenvalue weighted by molar-refractivity contribution is -0.167. The zero-order valence-corrected chi connectivity index (χ0v) is 11.5. The summed E-state index contributed by atoms with van der Waals surface area (Å²) in [7, 11) is 0. The third-order valence-electron chi connectivity index (χ3n) is 4.54. The van der Waals surface area contributed by atoms with Crippen LogP contribution >= 0.6 is 0 Å². The van der Waals surface area contributed by atoms with E-state index >= 15 is 0 Å². The second-order valence-electron chi connectivity index (χ2n) is 6.50. The summed E-state index contributed by atoms with van der Waals surface area (Å²) in [5.41, 5.74) is -1.22. The fraction of sp³-hybridized carbons (Fsp3) is 0.929. The molecule has 0 heterocycles. The van der Waals surface area contributed by atoms with Crippen LogP contribution in [0, 0.1) is 17.3 Å². The molecule has 0 aromatic rings. The van der Waals surface area contributed by atoms with Crippen LogP contribution in [0.5, 0.6) is 0 Å². The van der Waals surface area contributed by atoms with Crippen LogP contribution in [-0.4, -0.2) is 21.8 Å². The SMILES string of the molecule is CCC(O)(C(=O)O)C1CCC(C(C)(C)C)CC1. The first-order valence-corrected chi connectivity index (χ1v) is 6.67. The van der Waals surface area contributed by atoms with Crippen molar-refractivity contribution in [2.45, 2.75) is 65.4 Å². The van der Waals surface area contributed by atoms with Crippen LogP contribution in [-0.2, 0) is 4.79 Å². The average molecular weight is 242 g/mol. The van der Waals surface area contributed by atoms with Gasteiger partial charge in [0.25, 0.3) is 0 Å². The summed E-state index contributed by atoms with van der Waals surface area (Å²) in [4.78, 5) is 11.2. The lowest BCUT2D eigenvalue weighted by atomic mass is 9.66. The fourth-order valence-corrected chi connectivity index (χ4v) is 3.05. The molecule has 3 heteroatoms. The maximum atomic E-state index is 11.2. The van der Waals surface area contributed by atoms with Gasteiger partial charge in [-0.3, -0.25) is 0 Å². The molecule has 0 aromatic carbocycles. The van der Waals surface area contributed by atoms with Crippen LogP contribution in [0.2, 0.25) is 0 Å². The van der Waals surface area contributed by atoms with Crippen LogP contribution in [0.3, 0.4) is 0 Å². The summed E-state index contributed by atoms with van der Waals surface area (Å²) in [6.45, 7) is 8.47. The first-order chi connectivity index (χ1) is 7.71. The van der Waals surface area contributed by atoms with E-state index in [9.17, 15) is 9.90 Å². The Kier molecular flexibility index (Phi) is 4.23. The molecule has 0 spiro atoms. The topological polar surface area (TPSA) is 57.5 Å². The number of carboxylic acid groups (broad SMARTS) is 1. The predicted molar refractivity (Wildman–Crippen MR) is 67.8 cm³/mol. The Labute approximate surface area is 104 Å². The van der Waals surface area contributed by atoms with Crippen molar-refractivity contribution >= 4 is 5.97 Å². The Hall–Kier alpha value is -0.570. The third-order valence-corrected chi connectivity index (χ3v) is 4.54. The quantitative estimate of drug-likeness (QED) is 0.799. The highest BCUT2D eigenvalue weighted by molar-refractivity contribution is 5.77. The highest BCUT2D eigenvalue weighted by atomic mass is 16.4. The van der Waals surface area contributed by atoms with Gasteiger partial charge in [0, 0.05) is 0 Å². The molecule has 0 radical (unpaired) electrons. The smallest absolute Gasteiger partial charge is 0.335 e. The molecule has 0 bridgehead atoms. The number of hydrogen-bond acceptors (Lipinski definition) is 2. The van der Waals surface area contributed by atoms with Gasteiger partial charge < -0.3 is 10.2 Å². The van der Waals surface area contributed by atoms with Crippen LogP contribution in [0.15, 0.2) is 0 Å². The Morgan fingerprint density at radius 3 is 1.82 bits per heavy atom. The Balaban J connectivity index is 2.66. The minimum absolute atomic E-state index is 0.0800. The molecule has 1 rings (SSSR count). The second kappa shape index (κ2) is 4.97. The summed E-state index contributed by atoms with van der Waals surface area (Å²) in [6.07, 6.45) is 4.03. The number of rotatable bonds is 3. The molecule has 0 aromatic heterocycles. The average Bonchev–Trinajstić information content (AvgIpc) is 2.26. The molecule has 0 saturated heterocycles. The van der Waals surface area contributed by atoms with Gasteiger partial charge >= 0.3 is 5.97 Å². The van der Waals surface area contributed by atoms with Crippen molar-refractivity contribution in [3.8, 4) is 0 Å². The monoisotopic (exact) mass is 242 g/mol. The molecule has 1 aliphatic carbocycles. The van der Waals surface area contributed by atoms with Gasteiger partial charge in [0.15, 0.2) is 5.60 Å². The maximum absolute atomic E-state index is 11.2. The molecule has 0 aliphatic heterocycles. The van der Waals surface area contributed by atoms with Gasteiger partial charge in [-0.25, -0.2) is 4.79 Å². The number of carbonyl (C=O) groups is 1. The van der Waals surface area contributed by atoms with Gasteiger partial charge in [-0.15, -0.1) is 0 Å². The van der Waals surface area contributed by atoms with E-state index in [0.717, 1.165) is 25.7 Å². The molecule has 17 heavy (non-hydrogen) atoms. The first kappa shape index (κ1) is 14.5. The first-order valence-electron chi connectivity index (χ1n) is 6.67. The Morgan fingerprint density at radius 2 is 1.53 bits per heavy atom. The number of aliphatic hydroxyl groups is 1. The highest BCUT2D eigenvalue weighted by Crippen LogP contribution is 2.43. The van der Waals surface area contributed by atoms with E-state index in [1.54, 1.807) is 6.92 Å². The molecule has 1 aliphatic rings. The van der Waals surface area contributed by atoms with Crippen LogP contribution in [0.1, 0.15) is 59.8 Å². The van der Waals surface area contributed by atoms with Gasteiger partial charge in [-0.05, 0) is 49.4 Å². The predicted octanol–water partition coefficient (Wildman–Crippen LogP) is 3.06. The van der Waals surface area contributed by atoms with E-state index in [1.807, 2.05) is 0 Å². The molecular formula is C14H26O3. The molecule has 0 amide bonds. The zero-order valence-electron chi connectivity index (χ0n) is 11.5. The summed E-state index contributed by atoms with van der Waals surface area (Å²) in [5, 5.41) is 19.4. The van der Waals surface area contributed by atoms with E-state index in [1.165, 1.54) is 0 Å². The molecule has 2 N–H and O–H groups in total. The van der Waals surface area contributed by atoms with Crippen molar-refractivity contribution in [1.82, 2.24) is 0 Å². The van der Waals surface area contributed by atoms with Gasteiger partial charge in [-0.2, -0.15) is 0 Å². The summed E-state index contributed by atoms with van der Waals surface area (Å²) < 4.78 is 0. The maximum Gasteiger partial charge on any atom is 0.335 e. The largest absolute Gasteiger partial charge is 0.479 e. The van der Waals surface area contributed by atoms with E-state index in [4.69, 9.17) is 5.11 Å². The molecule has 1 saturated carbocycles. The van der Waals surface area contributed by atoms with Gasteiger partial charge in [0.05, 0.1) is 0 Å². The molecule has 1 unspecified atom stereocenters. The van der Waals surface area contributed by atoms with E-state index in [-0.39, 0.29) is 5.92 Å². The van der Waals surface area contributed by atoms with Gasteiger partial charge in [0.2, 0.25) is 0 Å². The molecule has 100 valence electrons. The minimum atomic E-state index is -1.51. The summed E-state index contributed by atoms with van der Waals surface area (Å²) in [6, 6.07) is 0. The van der Waals surface area contributed by atoms with Gasteiger partial charge in [0.1, 0.15) is 0 Å². The molecular weight excluding hydrogens is 216 g/mol. The lowest BCUT2D eigenvalue weighted by Crippen LogP contribution is -2.47. The summed E-state index contributed by atoms with van der Waals surface area (Å²) >= 11 is 0. The van der Waals surface area contributed by atoms with Crippen molar-refractivity contribution in [2.75, 3.05) is 0 Å². The minimum Gasteiger partial charge on any atom is -0.479 e. The van der Waals surface area contributed by atoms with Crippen LogP contribution in [0.4, 0.5) is 0 Å². The van der Waals surface area contributed by atoms with Crippen molar-refractivity contribution in [3.63, 3.8) is 0 Å². The van der Waals surface area contributed by atoms with E-state index in [0.29, 0.717) is 17.8 Å². The molecule has 1 atom stereocenters. The highest BCUT2D eigenvalue weighted by Gasteiger charge is 2.44. The Bertz CT molecular complexity index is 272. The lowest BCUT2D eigenvalue weighted by Gasteiger charge is -2.41. The number of hydrogen-bond donors (Lipinski definition) is 2. The fourth-order valence-electron chi connectivity index (χ4n) is 3.05. The standard InChI is InChI=1S/C14H26O3/c1-5-14(17,12(15)16)11-8-6-10(7-9-11)13(2,3)4/h10-11,17H,5-9H2,1-4H3,(H,15,16). The summed E-state index contributed by atoms with van der Waals surface area (Å²) in [5.74, 6) is -0.489. The van der Waals surface area contributed by atoms with Crippen LogP contribution < -0.4 is 0 Å².